The van der Waals surface area contributed by atoms with Crippen LogP contribution in [-0.2, 0) is 19.1 Å². The molecule has 2 heterocycles. The smallest absolute Gasteiger partial charge is 0.302 e. The van der Waals surface area contributed by atoms with Gasteiger partial charge >= 0.3 is 5.97 Å². The van der Waals surface area contributed by atoms with E-state index in [1.54, 1.807) is 11.8 Å². The second kappa shape index (κ2) is 5.27. The molecule has 6 heteroatoms. The highest BCUT2D eigenvalue weighted by Gasteiger charge is 2.49. The number of thioether (sulfide) groups is 1. The number of β-lactam (4-membered cyclic amide) rings is 1. The van der Waals surface area contributed by atoms with Gasteiger partial charge in [-0.25, -0.2) is 0 Å². The lowest BCUT2D eigenvalue weighted by atomic mass is 9.81. The van der Waals surface area contributed by atoms with E-state index in [4.69, 9.17) is 9.47 Å². The number of carbonyl (C=O) groups excluding carboxylic acids is 2. The Morgan fingerprint density at radius 2 is 2.35 bits per heavy atom. The minimum atomic E-state index is -0.283. The topological polar surface area (TPSA) is 64.6 Å². The zero-order chi connectivity index (χ0) is 12.4. The van der Waals surface area contributed by atoms with Gasteiger partial charge in [0.15, 0.2) is 0 Å². The van der Waals surface area contributed by atoms with Gasteiger partial charge in [-0.2, -0.15) is 0 Å². The van der Waals surface area contributed by atoms with Crippen LogP contribution in [0.5, 0.6) is 0 Å². The van der Waals surface area contributed by atoms with Gasteiger partial charge in [-0.15, -0.1) is 11.8 Å². The van der Waals surface area contributed by atoms with Crippen molar-refractivity contribution in [2.45, 2.75) is 37.3 Å². The highest BCUT2D eigenvalue weighted by atomic mass is 32.2. The minimum absolute atomic E-state index is 0.0449. The molecule has 2 rings (SSSR count). The summed E-state index contributed by atoms with van der Waals surface area (Å²) < 4.78 is 10.5. The summed E-state index contributed by atoms with van der Waals surface area (Å²) in [6, 6.07) is 0.0923. The van der Waals surface area contributed by atoms with Gasteiger partial charge in [0.25, 0.3) is 0 Å². The second-order valence-electron chi connectivity index (χ2n) is 4.35. The van der Waals surface area contributed by atoms with Crippen LogP contribution in [0.25, 0.3) is 0 Å². The zero-order valence-electron chi connectivity index (χ0n) is 9.97. The predicted molar refractivity (Wildman–Crippen MR) is 63.5 cm³/mol. The summed E-state index contributed by atoms with van der Waals surface area (Å²) in [6.45, 7) is 1.74. The molecule has 2 aliphatic heterocycles. The molecule has 2 fully saturated rings. The predicted octanol–water partition coefficient (Wildman–Crippen LogP) is 0.532. The lowest BCUT2D eigenvalue weighted by Crippen LogP contribution is -2.65. The van der Waals surface area contributed by atoms with Gasteiger partial charge < -0.3 is 14.8 Å². The van der Waals surface area contributed by atoms with Crippen LogP contribution in [0.1, 0.15) is 19.8 Å². The third-order valence-electron chi connectivity index (χ3n) is 3.21. The zero-order valence-corrected chi connectivity index (χ0v) is 10.8. The maximum Gasteiger partial charge on any atom is 0.302 e. The van der Waals surface area contributed by atoms with Crippen LogP contribution < -0.4 is 5.32 Å². The molecule has 96 valence electrons. The van der Waals surface area contributed by atoms with Gasteiger partial charge in [0.05, 0.1) is 18.6 Å². The average Bonchev–Trinajstić information content (AvgIpc) is 2.20. The molecule has 0 aromatic heterocycles. The van der Waals surface area contributed by atoms with E-state index in [-0.39, 0.29) is 35.4 Å². The molecule has 1 N–H and O–H groups in total. The quantitative estimate of drug-likeness (QED) is 0.576. The molecule has 0 aromatic carbocycles. The Morgan fingerprint density at radius 1 is 1.65 bits per heavy atom. The number of esters is 1. The van der Waals surface area contributed by atoms with Gasteiger partial charge in [-0.1, -0.05) is 0 Å². The third kappa shape index (κ3) is 2.74. The van der Waals surface area contributed by atoms with Crippen molar-refractivity contribution in [3.63, 3.8) is 0 Å². The molecular formula is C11H17NO4S. The maximum absolute atomic E-state index is 11.5. The van der Waals surface area contributed by atoms with Crippen molar-refractivity contribution in [2.75, 3.05) is 12.9 Å². The van der Waals surface area contributed by atoms with Crippen LogP contribution in [0.15, 0.2) is 0 Å². The number of ether oxygens (including phenoxy) is 2. The largest absolute Gasteiger partial charge is 0.466 e. The number of hydrogen-bond donors (Lipinski definition) is 1. The number of hydrogen-bond acceptors (Lipinski definition) is 5. The van der Waals surface area contributed by atoms with Crippen molar-refractivity contribution in [2.24, 2.45) is 5.92 Å². The molecule has 2 aliphatic rings. The summed E-state index contributed by atoms with van der Waals surface area (Å²) in [5.74, 6) is -0.286. The highest BCUT2D eigenvalue weighted by Crippen LogP contribution is 2.37. The Bertz CT molecular complexity index is 317. The molecule has 4 atom stereocenters. The summed E-state index contributed by atoms with van der Waals surface area (Å²) in [6.07, 6.45) is 3.65. The van der Waals surface area contributed by atoms with Crippen molar-refractivity contribution in [3.05, 3.63) is 0 Å². The molecule has 1 amide bonds. The SMILES string of the molecule is CSC1CC([C@H]2C(=O)N[C@@H]2CCOC(C)=O)O1. The van der Waals surface area contributed by atoms with Crippen LogP contribution in [0.3, 0.4) is 0 Å². The molecule has 0 aliphatic carbocycles. The fourth-order valence-corrected chi connectivity index (χ4v) is 2.86. The highest BCUT2D eigenvalue weighted by molar-refractivity contribution is 7.99. The van der Waals surface area contributed by atoms with Crippen LogP contribution in [-0.4, -0.2) is 42.3 Å². The minimum Gasteiger partial charge on any atom is -0.466 e. The van der Waals surface area contributed by atoms with E-state index in [9.17, 15) is 9.59 Å². The standard InChI is InChI=1S/C11H17NO4S/c1-6(13)15-4-3-7-10(11(14)12-7)8-5-9(16-8)17-2/h7-10H,3-5H2,1-2H3,(H,12,14)/t7-,8?,9?,10+/m1/s1. The number of rotatable bonds is 5. The van der Waals surface area contributed by atoms with Crippen molar-refractivity contribution < 1.29 is 19.1 Å². The lowest BCUT2D eigenvalue weighted by Gasteiger charge is -2.47. The van der Waals surface area contributed by atoms with Crippen molar-refractivity contribution >= 4 is 23.6 Å². The number of amides is 1. The van der Waals surface area contributed by atoms with E-state index in [0.717, 1.165) is 6.42 Å². The first kappa shape index (κ1) is 12.7. The molecule has 17 heavy (non-hydrogen) atoms. The Morgan fingerprint density at radius 3 is 2.88 bits per heavy atom. The Hall–Kier alpha value is -0.750. The Kier molecular flexibility index (Phi) is 3.93. The molecule has 0 radical (unpaired) electrons. The van der Waals surface area contributed by atoms with Gasteiger partial charge in [0.1, 0.15) is 5.44 Å². The van der Waals surface area contributed by atoms with Gasteiger partial charge in [0.2, 0.25) is 5.91 Å². The average molecular weight is 259 g/mol. The van der Waals surface area contributed by atoms with E-state index in [1.165, 1.54) is 6.92 Å². The third-order valence-corrected chi connectivity index (χ3v) is 4.04. The number of nitrogens with one attached hydrogen (secondary N) is 1. The molecule has 2 unspecified atom stereocenters. The van der Waals surface area contributed by atoms with E-state index < -0.39 is 0 Å². The molecule has 0 bridgehead atoms. The molecule has 5 nitrogen and oxygen atoms in total. The Labute approximate surface area is 105 Å². The van der Waals surface area contributed by atoms with Gasteiger partial charge in [-0.05, 0) is 6.26 Å². The molecule has 0 spiro atoms. The first-order valence-electron chi connectivity index (χ1n) is 5.74. The van der Waals surface area contributed by atoms with Gasteiger partial charge in [-0.3, -0.25) is 9.59 Å². The fourth-order valence-electron chi connectivity index (χ4n) is 2.22. The molecular weight excluding hydrogens is 242 g/mol. The molecule has 0 saturated carbocycles. The summed E-state index contributed by atoms with van der Waals surface area (Å²) in [5.41, 5.74) is 0.238. The van der Waals surface area contributed by atoms with Crippen LogP contribution in [0, 0.1) is 5.92 Å². The van der Waals surface area contributed by atoms with Gasteiger partial charge in [0, 0.05) is 25.8 Å². The second-order valence-corrected chi connectivity index (χ2v) is 5.34. The summed E-state index contributed by atoms with van der Waals surface area (Å²) in [7, 11) is 0. The van der Waals surface area contributed by atoms with Crippen LogP contribution >= 0.6 is 11.8 Å². The van der Waals surface area contributed by atoms with Crippen LogP contribution in [0.2, 0.25) is 0 Å². The van der Waals surface area contributed by atoms with Crippen molar-refractivity contribution in [1.82, 2.24) is 5.32 Å². The summed E-state index contributed by atoms with van der Waals surface area (Å²) in [4.78, 5) is 22.1. The monoisotopic (exact) mass is 259 g/mol. The fraction of sp³-hybridized carbons (Fsp3) is 0.818. The normalized spacial score (nSPS) is 35.5. The molecule has 2 saturated heterocycles. The number of carbonyl (C=O) groups is 2. The van der Waals surface area contributed by atoms with E-state index in [2.05, 4.69) is 5.32 Å². The van der Waals surface area contributed by atoms with Crippen molar-refractivity contribution in [1.29, 1.82) is 0 Å². The van der Waals surface area contributed by atoms with E-state index >= 15 is 0 Å². The summed E-state index contributed by atoms with van der Waals surface area (Å²) in [5, 5.41) is 2.83. The summed E-state index contributed by atoms with van der Waals surface area (Å²) >= 11 is 1.67. The Balaban J connectivity index is 1.73. The van der Waals surface area contributed by atoms with E-state index in [1.807, 2.05) is 6.26 Å². The van der Waals surface area contributed by atoms with E-state index in [0.29, 0.717) is 13.0 Å². The molecule has 0 aromatic rings. The maximum atomic E-state index is 11.5. The first-order chi connectivity index (χ1) is 8.11. The van der Waals surface area contributed by atoms with Crippen molar-refractivity contribution in [3.8, 4) is 0 Å². The lowest BCUT2D eigenvalue weighted by molar-refractivity contribution is -0.164. The van der Waals surface area contributed by atoms with Crippen LogP contribution in [0.4, 0.5) is 0 Å². The first-order valence-corrected chi connectivity index (χ1v) is 7.02.